The van der Waals surface area contributed by atoms with Gasteiger partial charge in [-0.3, -0.25) is 19.2 Å². The van der Waals surface area contributed by atoms with E-state index >= 15 is 4.79 Å². The Morgan fingerprint density at radius 1 is 0.796 bits per heavy atom. The first kappa shape index (κ1) is 34.9. The van der Waals surface area contributed by atoms with E-state index < -0.39 is 70.4 Å². The smallest absolute Gasteiger partial charge is 0.339 e. The number of halogens is 1. The number of aromatic hydroxyl groups is 2. The van der Waals surface area contributed by atoms with E-state index in [1.807, 2.05) is 6.08 Å². The molecule has 0 bridgehead atoms. The van der Waals surface area contributed by atoms with Crippen LogP contribution in [0, 0.1) is 23.7 Å². The van der Waals surface area contributed by atoms with Crippen LogP contribution in [0.5, 0.6) is 23.0 Å². The van der Waals surface area contributed by atoms with Gasteiger partial charge in [0.1, 0.15) is 11.3 Å². The van der Waals surface area contributed by atoms with Crippen LogP contribution in [0.4, 0.5) is 11.4 Å². The van der Waals surface area contributed by atoms with Crippen LogP contribution >= 0.6 is 11.6 Å². The molecule has 2 aliphatic heterocycles. The molecule has 54 heavy (non-hydrogen) atoms. The predicted octanol–water partition coefficient (Wildman–Crippen LogP) is 5.83. The molecule has 13 heteroatoms. The predicted molar refractivity (Wildman–Crippen MR) is 195 cm³/mol. The van der Waals surface area contributed by atoms with E-state index in [0.29, 0.717) is 21.7 Å². The van der Waals surface area contributed by atoms with Gasteiger partial charge in [-0.1, -0.05) is 59.6 Å². The van der Waals surface area contributed by atoms with Crippen molar-refractivity contribution in [3.05, 3.63) is 118 Å². The normalized spacial score (nSPS) is 25.9. The van der Waals surface area contributed by atoms with Crippen molar-refractivity contribution in [2.24, 2.45) is 23.7 Å². The van der Waals surface area contributed by atoms with Gasteiger partial charge >= 0.3 is 5.97 Å². The molecule has 3 fully saturated rings. The third kappa shape index (κ3) is 4.86. The van der Waals surface area contributed by atoms with Crippen molar-refractivity contribution < 1.29 is 48.8 Å². The molecule has 4 aromatic carbocycles. The van der Waals surface area contributed by atoms with Crippen molar-refractivity contribution in [1.82, 2.24) is 0 Å². The first-order valence-electron chi connectivity index (χ1n) is 17.2. The van der Waals surface area contributed by atoms with E-state index in [-0.39, 0.29) is 47.0 Å². The maximum Gasteiger partial charge on any atom is 0.339 e. The van der Waals surface area contributed by atoms with Gasteiger partial charge in [0.2, 0.25) is 29.4 Å². The minimum absolute atomic E-state index is 0.0155. The summed E-state index contributed by atoms with van der Waals surface area (Å²) in [5.74, 6) is -8.71. The highest BCUT2D eigenvalue weighted by molar-refractivity contribution is 6.32. The number of phenolic OH excluding ortho intramolecular Hbond substituents is 1. The van der Waals surface area contributed by atoms with Gasteiger partial charge in [0, 0.05) is 17.0 Å². The molecule has 4 aromatic rings. The summed E-state index contributed by atoms with van der Waals surface area (Å²) in [4.78, 5) is 72.8. The molecule has 6 unspecified atom stereocenters. The number of aromatic carboxylic acids is 1. The Balaban J connectivity index is 1.36. The molecule has 1 saturated carbocycles. The first-order chi connectivity index (χ1) is 25.9. The summed E-state index contributed by atoms with van der Waals surface area (Å²) < 4.78 is 11.1. The lowest BCUT2D eigenvalue weighted by Crippen LogP contribution is -2.53. The second kappa shape index (κ2) is 12.8. The van der Waals surface area contributed by atoms with Gasteiger partial charge in [-0.25, -0.2) is 14.6 Å². The molecule has 274 valence electrons. The number of carboxylic acid groups (broad SMARTS) is 1. The monoisotopic (exact) mass is 748 g/mol. The van der Waals surface area contributed by atoms with Gasteiger partial charge in [-0.2, -0.15) is 0 Å². The maximum atomic E-state index is 15.4. The van der Waals surface area contributed by atoms with Crippen molar-refractivity contribution in [1.29, 1.82) is 0 Å². The van der Waals surface area contributed by atoms with Crippen LogP contribution in [0.1, 0.15) is 40.2 Å². The molecule has 12 nitrogen and oxygen atoms in total. The Labute approximate surface area is 313 Å². The number of carbonyl (C=O) groups excluding carboxylic acids is 4. The van der Waals surface area contributed by atoms with Crippen molar-refractivity contribution >= 4 is 52.6 Å². The minimum atomic E-state index is -1.58. The molecule has 2 aliphatic carbocycles. The Morgan fingerprint density at radius 2 is 1.48 bits per heavy atom. The fourth-order valence-electron chi connectivity index (χ4n) is 9.29. The summed E-state index contributed by atoms with van der Waals surface area (Å²) >= 11 is 6.39. The molecule has 3 N–H and O–H groups in total. The van der Waals surface area contributed by atoms with E-state index in [2.05, 4.69) is 0 Å². The fourth-order valence-corrected chi connectivity index (χ4v) is 9.48. The van der Waals surface area contributed by atoms with Crippen LogP contribution in [0.2, 0.25) is 5.02 Å². The molecule has 0 radical (unpaired) electrons. The fraction of sp³-hybridized carbons (Fsp3) is 0.244. The van der Waals surface area contributed by atoms with Crippen molar-refractivity contribution in [2.45, 2.75) is 24.2 Å². The number of benzene rings is 4. The number of fused-ring (bicyclic) bond motifs is 4. The number of phenols is 2. The third-order valence-electron chi connectivity index (χ3n) is 11.5. The lowest BCUT2D eigenvalue weighted by atomic mass is 9.49. The maximum absolute atomic E-state index is 15.4. The van der Waals surface area contributed by atoms with Gasteiger partial charge < -0.3 is 24.8 Å². The molecule has 2 heterocycles. The number of ether oxygens (including phenoxy) is 2. The van der Waals surface area contributed by atoms with Gasteiger partial charge in [0.25, 0.3) is 0 Å². The van der Waals surface area contributed by atoms with Crippen LogP contribution in [0.3, 0.4) is 0 Å². The number of methoxy groups -OCH3 is 2. The van der Waals surface area contributed by atoms with E-state index in [9.17, 15) is 34.5 Å². The zero-order valence-electron chi connectivity index (χ0n) is 28.9. The molecule has 0 aromatic heterocycles. The average molecular weight is 749 g/mol. The van der Waals surface area contributed by atoms with E-state index in [0.717, 1.165) is 21.9 Å². The molecule has 2 saturated heterocycles. The van der Waals surface area contributed by atoms with Crippen molar-refractivity contribution in [3.8, 4) is 23.0 Å². The Kier molecular flexibility index (Phi) is 8.26. The van der Waals surface area contributed by atoms with Gasteiger partial charge in [-0.15, -0.1) is 0 Å². The van der Waals surface area contributed by atoms with Crippen LogP contribution in [-0.2, 0) is 24.6 Å². The Hall–Kier alpha value is -6.14. The Morgan fingerprint density at radius 3 is 2.11 bits per heavy atom. The summed E-state index contributed by atoms with van der Waals surface area (Å²) in [7, 11) is 2.76. The van der Waals surface area contributed by atoms with Crippen molar-refractivity contribution in [3.63, 3.8) is 0 Å². The number of rotatable bonds is 7. The lowest BCUT2D eigenvalue weighted by molar-refractivity contribution is -0.127. The first-order valence-corrected chi connectivity index (χ1v) is 17.6. The standard InChI is InChI=1S/C41H33ClN2O10/c1-53-31-15-20(16-32(54-2)35(31)46)34-25-13-14-27-33(38(49)43(36(27)47)24-11-12-26(39(50)51)30(45)18-24)28(25)19-29-37(48)44(23-10-6-9-22(42)17-23)40(52)41(29,34)21-7-4-3-5-8-21/h3-13,15-18,27-29,33-34,45-46H,14,19H2,1-2H3,(H,50,51). The number of nitrogens with zero attached hydrogens (tertiary/aromatic N) is 2. The second-order valence-electron chi connectivity index (χ2n) is 13.9. The number of hydrogen-bond donors (Lipinski definition) is 3. The molecular weight excluding hydrogens is 716 g/mol. The highest BCUT2D eigenvalue weighted by Gasteiger charge is 2.70. The summed E-state index contributed by atoms with van der Waals surface area (Å²) in [6, 6.07) is 22.1. The van der Waals surface area contributed by atoms with Gasteiger partial charge in [-0.05, 0) is 72.4 Å². The van der Waals surface area contributed by atoms with Crippen LogP contribution in [0.25, 0.3) is 0 Å². The number of anilines is 2. The van der Waals surface area contributed by atoms with E-state index in [1.165, 1.54) is 20.3 Å². The summed E-state index contributed by atoms with van der Waals surface area (Å²) in [5.41, 5.74) is 0.0159. The SMILES string of the molecule is COc1cc(C2C3=CCC4C(=O)N(c5ccc(C(=O)O)c(O)c5)C(=O)C4C3CC3C(=O)N(c4cccc(Cl)c4)C(=O)C32c2ccccc2)cc(OC)c1O. The highest BCUT2D eigenvalue weighted by Crippen LogP contribution is 2.65. The zero-order chi connectivity index (χ0) is 38.2. The number of amides is 4. The van der Waals surface area contributed by atoms with Crippen molar-refractivity contribution in [2.75, 3.05) is 24.0 Å². The lowest BCUT2D eigenvalue weighted by Gasteiger charge is -2.50. The number of imide groups is 2. The zero-order valence-corrected chi connectivity index (χ0v) is 29.7. The summed E-state index contributed by atoms with van der Waals surface area (Å²) in [5, 5.41) is 31.2. The van der Waals surface area contributed by atoms with Gasteiger partial charge in [0.15, 0.2) is 11.5 Å². The van der Waals surface area contributed by atoms with E-state index in [1.54, 1.807) is 66.7 Å². The second-order valence-corrected chi connectivity index (χ2v) is 14.3. The largest absolute Gasteiger partial charge is 0.507 e. The molecule has 4 amide bonds. The Bertz CT molecular complexity index is 2300. The number of carbonyl (C=O) groups is 5. The van der Waals surface area contributed by atoms with Crippen LogP contribution < -0.4 is 19.3 Å². The van der Waals surface area contributed by atoms with Gasteiger partial charge in [0.05, 0.1) is 48.8 Å². The van der Waals surface area contributed by atoms with Crippen LogP contribution in [-0.4, -0.2) is 59.1 Å². The van der Waals surface area contributed by atoms with Crippen LogP contribution in [0.15, 0.2) is 96.6 Å². The number of carboxylic acids is 1. The molecule has 8 rings (SSSR count). The topological polar surface area (TPSA) is 171 Å². The van der Waals surface area contributed by atoms with E-state index in [4.69, 9.17) is 21.1 Å². The molecule has 6 atom stereocenters. The third-order valence-corrected chi connectivity index (χ3v) is 11.7. The highest BCUT2D eigenvalue weighted by atomic mass is 35.5. The molecular formula is C41H33ClN2O10. The number of hydrogen-bond acceptors (Lipinski definition) is 9. The summed E-state index contributed by atoms with van der Waals surface area (Å²) in [6.07, 6.45) is 2.03. The summed E-state index contributed by atoms with van der Waals surface area (Å²) in [6.45, 7) is 0. The average Bonchev–Trinajstić information content (AvgIpc) is 3.55. The number of allylic oxidation sites excluding steroid dienone is 2. The quantitative estimate of drug-likeness (QED) is 0.154. The molecule has 0 spiro atoms. The minimum Gasteiger partial charge on any atom is -0.507 e. The molecule has 4 aliphatic rings.